The zero-order valence-corrected chi connectivity index (χ0v) is 19.5. The number of para-hydroxylation sites is 1. The molecule has 0 fully saturated rings. The van der Waals surface area contributed by atoms with Gasteiger partial charge in [-0.05, 0) is 75.6 Å². The van der Waals surface area contributed by atoms with Crippen molar-refractivity contribution in [3.63, 3.8) is 0 Å². The summed E-state index contributed by atoms with van der Waals surface area (Å²) in [5.74, 6) is -0.0713. The molecular weight excluding hydrogens is 434 g/mol. The predicted octanol–water partition coefficient (Wildman–Crippen LogP) is 5.45. The number of amides is 1. The average molecular weight is 466 g/mol. The fourth-order valence-electron chi connectivity index (χ4n) is 3.75. The topological polar surface area (TPSA) is 100 Å². The quantitative estimate of drug-likeness (QED) is 0.345. The molecule has 0 saturated heterocycles. The Morgan fingerprint density at radius 2 is 1.71 bits per heavy atom. The highest BCUT2D eigenvalue weighted by Crippen LogP contribution is 2.30. The van der Waals surface area contributed by atoms with Crippen LogP contribution in [0.2, 0.25) is 0 Å². The van der Waals surface area contributed by atoms with Gasteiger partial charge >= 0.3 is 5.97 Å². The second kappa shape index (κ2) is 12.0. The molecule has 0 aliphatic rings. The number of rotatable bonds is 12. The van der Waals surface area contributed by atoms with Crippen molar-refractivity contribution in [2.24, 2.45) is 0 Å². The standard InChI is InChI=1S/C27H31NO6/c1-19(2)28(21-15-13-20(14-16-21)23-11-8-18-33-23)27(32)26(31)22-9-5-6-10-24(22)34-17-7-3-4-12-25(29)30/h5-6,8-11,13-16,18-19,26,31H,3-4,7,12,17H2,1-2H3,(H,29,30). The van der Waals surface area contributed by atoms with Crippen LogP contribution in [0.3, 0.4) is 0 Å². The third-order valence-electron chi connectivity index (χ3n) is 5.45. The van der Waals surface area contributed by atoms with Crippen LogP contribution in [-0.4, -0.2) is 34.7 Å². The van der Waals surface area contributed by atoms with Gasteiger partial charge in [0.2, 0.25) is 0 Å². The number of aliphatic carboxylic acids is 1. The van der Waals surface area contributed by atoms with Crippen molar-refractivity contribution in [1.29, 1.82) is 0 Å². The molecule has 0 aliphatic heterocycles. The highest BCUT2D eigenvalue weighted by molar-refractivity contribution is 5.98. The van der Waals surface area contributed by atoms with Gasteiger partial charge in [-0.1, -0.05) is 18.2 Å². The number of nitrogens with zero attached hydrogens (tertiary/aromatic N) is 1. The van der Waals surface area contributed by atoms with E-state index in [-0.39, 0.29) is 12.5 Å². The number of ether oxygens (including phenoxy) is 1. The number of aliphatic hydroxyl groups is 1. The van der Waals surface area contributed by atoms with Crippen LogP contribution >= 0.6 is 0 Å². The van der Waals surface area contributed by atoms with E-state index < -0.39 is 18.0 Å². The molecule has 2 N–H and O–H groups in total. The number of carbonyl (C=O) groups excluding carboxylic acids is 1. The predicted molar refractivity (Wildman–Crippen MR) is 130 cm³/mol. The van der Waals surface area contributed by atoms with Gasteiger partial charge < -0.3 is 24.3 Å². The minimum atomic E-state index is -1.39. The lowest BCUT2D eigenvalue weighted by atomic mass is 10.0. The molecule has 2 aromatic carbocycles. The molecule has 1 amide bonds. The van der Waals surface area contributed by atoms with Crippen molar-refractivity contribution >= 4 is 17.6 Å². The fraction of sp³-hybridized carbons (Fsp3) is 0.333. The van der Waals surface area contributed by atoms with E-state index in [0.717, 1.165) is 17.7 Å². The Hall–Kier alpha value is -3.58. The summed E-state index contributed by atoms with van der Waals surface area (Å²) in [6.07, 6.45) is 2.35. The lowest BCUT2D eigenvalue weighted by molar-refractivity contribution is -0.137. The summed E-state index contributed by atoms with van der Waals surface area (Å²) in [7, 11) is 0. The van der Waals surface area contributed by atoms with Gasteiger partial charge in [0, 0.05) is 29.3 Å². The van der Waals surface area contributed by atoms with Gasteiger partial charge in [-0.3, -0.25) is 9.59 Å². The summed E-state index contributed by atoms with van der Waals surface area (Å²) < 4.78 is 11.3. The molecule has 34 heavy (non-hydrogen) atoms. The fourth-order valence-corrected chi connectivity index (χ4v) is 3.75. The number of anilines is 1. The Kier molecular flexibility index (Phi) is 8.87. The van der Waals surface area contributed by atoms with Gasteiger partial charge in [-0.2, -0.15) is 0 Å². The first kappa shape index (κ1) is 25.1. The highest BCUT2D eigenvalue weighted by atomic mass is 16.5. The lowest BCUT2D eigenvalue weighted by Gasteiger charge is -2.29. The number of carbonyl (C=O) groups is 2. The molecule has 1 heterocycles. The summed E-state index contributed by atoms with van der Waals surface area (Å²) in [6.45, 7) is 4.16. The van der Waals surface area contributed by atoms with E-state index in [1.165, 1.54) is 0 Å². The minimum absolute atomic E-state index is 0.136. The largest absolute Gasteiger partial charge is 0.493 e. The Balaban J connectivity index is 1.70. The second-order valence-corrected chi connectivity index (χ2v) is 8.32. The monoisotopic (exact) mass is 465 g/mol. The van der Waals surface area contributed by atoms with Crippen LogP contribution in [0.1, 0.15) is 51.2 Å². The number of unbranched alkanes of at least 4 members (excludes halogenated alkanes) is 2. The van der Waals surface area contributed by atoms with E-state index in [0.29, 0.717) is 36.4 Å². The third kappa shape index (κ3) is 6.48. The number of aliphatic hydroxyl groups excluding tert-OH is 1. The molecule has 0 spiro atoms. The third-order valence-corrected chi connectivity index (χ3v) is 5.45. The summed E-state index contributed by atoms with van der Waals surface area (Å²) in [6, 6.07) is 17.9. The van der Waals surface area contributed by atoms with Crippen LogP contribution in [0, 0.1) is 0 Å². The van der Waals surface area contributed by atoms with E-state index in [1.807, 2.05) is 50.2 Å². The summed E-state index contributed by atoms with van der Waals surface area (Å²) in [5, 5.41) is 19.7. The first-order valence-corrected chi connectivity index (χ1v) is 11.5. The number of furan rings is 1. The zero-order valence-electron chi connectivity index (χ0n) is 19.5. The van der Waals surface area contributed by atoms with Gasteiger partial charge in [0.15, 0.2) is 6.10 Å². The normalized spacial score (nSPS) is 11.9. The van der Waals surface area contributed by atoms with Crippen molar-refractivity contribution in [3.05, 3.63) is 72.5 Å². The number of carboxylic acid groups (broad SMARTS) is 1. The molecule has 0 bridgehead atoms. The molecule has 7 nitrogen and oxygen atoms in total. The molecule has 0 aliphatic carbocycles. The molecule has 3 aromatic rings. The zero-order chi connectivity index (χ0) is 24.5. The molecule has 7 heteroatoms. The van der Waals surface area contributed by atoms with Crippen molar-refractivity contribution in [2.75, 3.05) is 11.5 Å². The van der Waals surface area contributed by atoms with Gasteiger partial charge in [0.25, 0.3) is 5.91 Å². The van der Waals surface area contributed by atoms with Crippen LogP contribution in [0.25, 0.3) is 11.3 Å². The molecule has 0 saturated carbocycles. The Bertz CT molecular complexity index is 1060. The number of hydrogen-bond acceptors (Lipinski definition) is 5. The van der Waals surface area contributed by atoms with E-state index >= 15 is 0 Å². The maximum Gasteiger partial charge on any atom is 0.303 e. The van der Waals surface area contributed by atoms with Gasteiger partial charge in [-0.25, -0.2) is 0 Å². The Morgan fingerprint density at radius 1 is 0.971 bits per heavy atom. The molecule has 1 atom stereocenters. The molecule has 0 radical (unpaired) electrons. The first-order valence-electron chi connectivity index (χ1n) is 11.5. The van der Waals surface area contributed by atoms with Crippen LogP contribution in [-0.2, 0) is 9.59 Å². The molecule has 1 aromatic heterocycles. The SMILES string of the molecule is CC(C)N(C(=O)C(O)c1ccccc1OCCCCCC(=O)O)c1ccc(-c2ccco2)cc1. The van der Waals surface area contributed by atoms with E-state index in [4.69, 9.17) is 14.3 Å². The van der Waals surface area contributed by atoms with Crippen LogP contribution in [0.15, 0.2) is 71.3 Å². The highest BCUT2D eigenvalue weighted by Gasteiger charge is 2.29. The summed E-state index contributed by atoms with van der Waals surface area (Å²) >= 11 is 0. The minimum Gasteiger partial charge on any atom is -0.493 e. The van der Waals surface area contributed by atoms with Crippen LogP contribution in [0.5, 0.6) is 5.75 Å². The molecule has 180 valence electrons. The number of benzene rings is 2. The van der Waals surface area contributed by atoms with E-state index in [9.17, 15) is 14.7 Å². The maximum atomic E-state index is 13.4. The molecule has 3 rings (SSSR count). The number of hydrogen-bond donors (Lipinski definition) is 2. The van der Waals surface area contributed by atoms with Crippen molar-refractivity contribution < 1.29 is 29.0 Å². The van der Waals surface area contributed by atoms with E-state index in [2.05, 4.69) is 0 Å². The Morgan fingerprint density at radius 3 is 2.35 bits per heavy atom. The number of carboxylic acids is 1. The van der Waals surface area contributed by atoms with Gasteiger partial charge in [0.1, 0.15) is 11.5 Å². The van der Waals surface area contributed by atoms with Gasteiger partial charge in [-0.15, -0.1) is 0 Å². The first-order chi connectivity index (χ1) is 16.4. The van der Waals surface area contributed by atoms with Crippen LogP contribution < -0.4 is 9.64 Å². The maximum absolute atomic E-state index is 13.4. The Labute approximate surface area is 199 Å². The second-order valence-electron chi connectivity index (χ2n) is 8.32. The van der Waals surface area contributed by atoms with Crippen molar-refractivity contribution in [1.82, 2.24) is 0 Å². The summed E-state index contributed by atoms with van der Waals surface area (Å²) in [4.78, 5) is 25.6. The lowest BCUT2D eigenvalue weighted by Crippen LogP contribution is -2.40. The molecule has 1 unspecified atom stereocenters. The van der Waals surface area contributed by atoms with Crippen molar-refractivity contribution in [2.45, 2.75) is 51.7 Å². The average Bonchev–Trinajstić information content (AvgIpc) is 3.36. The van der Waals surface area contributed by atoms with Crippen molar-refractivity contribution in [3.8, 4) is 17.1 Å². The van der Waals surface area contributed by atoms with Crippen LogP contribution in [0.4, 0.5) is 5.69 Å². The smallest absolute Gasteiger partial charge is 0.303 e. The summed E-state index contributed by atoms with van der Waals surface area (Å²) in [5.41, 5.74) is 1.97. The molecular formula is C27H31NO6. The van der Waals surface area contributed by atoms with E-state index in [1.54, 1.807) is 35.4 Å². The van der Waals surface area contributed by atoms with Gasteiger partial charge in [0.05, 0.1) is 12.9 Å².